The summed E-state index contributed by atoms with van der Waals surface area (Å²) < 4.78 is 16.2. The van der Waals surface area contributed by atoms with Crippen LogP contribution in [0.1, 0.15) is 42.5 Å². The molecule has 0 aliphatic heterocycles. The van der Waals surface area contributed by atoms with E-state index in [9.17, 15) is 4.79 Å². The molecule has 1 aliphatic carbocycles. The van der Waals surface area contributed by atoms with Gasteiger partial charge in [0.05, 0.1) is 21.3 Å². The van der Waals surface area contributed by atoms with E-state index in [4.69, 9.17) is 14.2 Å². The molecule has 2 rings (SSSR count). The van der Waals surface area contributed by atoms with Gasteiger partial charge in [0.2, 0.25) is 5.75 Å². The van der Waals surface area contributed by atoms with Crippen molar-refractivity contribution in [3.05, 3.63) is 17.7 Å². The number of amides is 1. The molecular weight excluding hydrogens is 344 g/mol. The molecule has 1 aliphatic rings. The smallest absolute Gasteiger partial charge is 0.254 e. The number of methoxy groups -OCH3 is 3. The SMILES string of the molecule is COc1cc(C(=O)N(CCN(C)C)CC2CCCCC2)cc(OC)c1OC. The van der Waals surface area contributed by atoms with Gasteiger partial charge in [-0.2, -0.15) is 0 Å². The molecule has 0 unspecified atom stereocenters. The zero-order valence-electron chi connectivity index (χ0n) is 17.4. The van der Waals surface area contributed by atoms with Crippen LogP contribution >= 0.6 is 0 Å². The Morgan fingerprint density at radius 1 is 0.963 bits per heavy atom. The number of hydrogen-bond acceptors (Lipinski definition) is 5. The van der Waals surface area contributed by atoms with E-state index < -0.39 is 0 Å². The van der Waals surface area contributed by atoms with Crippen LogP contribution in [-0.4, -0.2) is 70.8 Å². The highest BCUT2D eigenvalue weighted by Gasteiger charge is 2.24. The van der Waals surface area contributed by atoms with Gasteiger partial charge >= 0.3 is 0 Å². The lowest BCUT2D eigenvalue weighted by molar-refractivity contribution is 0.0700. The van der Waals surface area contributed by atoms with Gasteiger partial charge < -0.3 is 24.0 Å². The van der Waals surface area contributed by atoms with Gasteiger partial charge in [0.25, 0.3) is 5.91 Å². The molecule has 1 saturated carbocycles. The third-order valence-electron chi connectivity index (χ3n) is 5.22. The minimum Gasteiger partial charge on any atom is -0.493 e. The minimum absolute atomic E-state index is 0.0154. The summed E-state index contributed by atoms with van der Waals surface area (Å²) in [6.45, 7) is 2.35. The molecule has 1 aromatic rings. The van der Waals surface area contributed by atoms with Crippen molar-refractivity contribution >= 4 is 5.91 Å². The van der Waals surface area contributed by atoms with Crippen molar-refractivity contribution in [2.45, 2.75) is 32.1 Å². The van der Waals surface area contributed by atoms with Crippen LogP contribution in [0.25, 0.3) is 0 Å². The van der Waals surface area contributed by atoms with Gasteiger partial charge in [0, 0.05) is 25.2 Å². The number of carbonyl (C=O) groups excluding carboxylic acids is 1. The van der Waals surface area contributed by atoms with Gasteiger partial charge in [0.1, 0.15) is 0 Å². The Kier molecular flexibility index (Phi) is 8.23. The Labute approximate surface area is 163 Å². The molecule has 27 heavy (non-hydrogen) atoms. The number of likely N-dealkylation sites (N-methyl/N-ethyl adjacent to an activating group) is 1. The van der Waals surface area contributed by atoms with Crippen molar-refractivity contribution in [3.63, 3.8) is 0 Å². The van der Waals surface area contributed by atoms with Crippen LogP contribution in [0.2, 0.25) is 0 Å². The van der Waals surface area contributed by atoms with E-state index in [0.29, 0.717) is 35.3 Å². The van der Waals surface area contributed by atoms with Crippen molar-refractivity contribution in [1.82, 2.24) is 9.80 Å². The lowest BCUT2D eigenvalue weighted by Gasteiger charge is -2.31. The summed E-state index contributed by atoms with van der Waals surface area (Å²) in [5.74, 6) is 2.12. The largest absolute Gasteiger partial charge is 0.493 e. The van der Waals surface area contributed by atoms with Gasteiger partial charge in [-0.05, 0) is 45.0 Å². The van der Waals surface area contributed by atoms with Gasteiger partial charge in [-0.3, -0.25) is 4.79 Å². The summed E-state index contributed by atoms with van der Waals surface area (Å²) in [6.07, 6.45) is 6.27. The highest BCUT2D eigenvalue weighted by molar-refractivity contribution is 5.95. The Morgan fingerprint density at radius 3 is 2.04 bits per heavy atom. The monoisotopic (exact) mass is 378 g/mol. The molecule has 6 heteroatoms. The summed E-state index contributed by atoms with van der Waals surface area (Å²) in [7, 11) is 8.76. The summed E-state index contributed by atoms with van der Waals surface area (Å²) in [4.78, 5) is 17.4. The van der Waals surface area contributed by atoms with Gasteiger partial charge in [-0.15, -0.1) is 0 Å². The van der Waals surface area contributed by atoms with E-state index in [2.05, 4.69) is 4.90 Å². The molecule has 0 saturated heterocycles. The third-order valence-corrected chi connectivity index (χ3v) is 5.22. The molecule has 152 valence electrons. The van der Waals surface area contributed by atoms with Crippen LogP contribution in [0.5, 0.6) is 17.2 Å². The molecule has 0 heterocycles. The Bertz CT molecular complexity index is 587. The van der Waals surface area contributed by atoms with E-state index in [0.717, 1.165) is 13.1 Å². The molecule has 0 bridgehead atoms. The summed E-state index contributed by atoms with van der Waals surface area (Å²) in [5.41, 5.74) is 0.569. The first-order chi connectivity index (χ1) is 13.0. The first-order valence-electron chi connectivity index (χ1n) is 9.74. The van der Waals surface area contributed by atoms with Crippen molar-refractivity contribution in [1.29, 1.82) is 0 Å². The fraction of sp³-hybridized carbons (Fsp3) is 0.667. The highest BCUT2D eigenvalue weighted by Crippen LogP contribution is 2.38. The summed E-state index contributed by atoms with van der Waals surface area (Å²) in [5, 5.41) is 0. The lowest BCUT2D eigenvalue weighted by Crippen LogP contribution is -2.40. The predicted octanol–water partition coefficient (Wildman–Crippen LogP) is 3.30. The summed E-state index contributed by atoms with van der Waals surface area (Å²) in [6, 6.07) is 3.49. The van der Waals surface area contributed by atoms with Crippen LogP contribution < -0.4 is 14.2 Å². The van der Waals surface area contributed by atoms with E-state index >= 15 is 0 Å². The normalized spacial score (nSPS) is 14.9. The second-order valence-electron chi connectivity index (χ2n) is 7.47. The quantitative estimate of drug-likeness (QED) is 0.660. The maximum Gasteiger partial charge on any atom is 0.254 e. The van der Waals surface area contributed by atoms with Crippen molar-refractivity contribution in [2.24, 2.45) is 5.92 Å². The average molecular weight is 379 g/mol. The van der Waals surface area contributed by atoms with E-state index in [1.165, 1.54) is 32.1 Å². The van der Waals surface area contributed by atoms with Crippen molar-refractivity contribution in [2.75, 3.05) is 55.1 Å². The number of benzene rings is 1. The molecule has 0 N–H and O–H groups in total. The van der Waals surface area contributed by atoms with Crippen LogP contribution in [-0.2, 0) is 0 Å². The molecule has 6 nitrogen and oxygen atoms in total. The van der Waals surface area contributed by atoms with Gasteiger partial charge in [-0.25, -0.2) is 0 Å². The lowest BCUT2D eigenvalue weighted by atomic mass is 9.89. The average Bonchev–Trinajstić information content (AvgIpc) is 2.69. The molecule has 0 atom stereocenters. The first kappa shape index (κ1) is 21.4. The van der Waals surface area contributed by atoms with Crippen molar-refractivity contribution < 1.29 is 19.0 Å². The fourth-order valence-electron chi connectivity index (χ4n) is 3.66. The molecule has 0 aromatic heterocycles. The van der Waals surface area contributed by atoms with E-state index in [-0.39, 0.29) is 5.91 Å². The highest BCUT2D eigenvalue weighted by atomic mass is 16.5. The zero-order chi connectivity index (χ0) is 19.8. The van der Waals surface area contributed by atoms with E-state index in [1.54, 1.807) is 33.5 Å². The van der Waals surface area contributed by atoms with Crippen LogP contribution in [0, 0.1) is 5.92 Å². The molecule has 0 spiro atoms. The maximum atomic E-state index is 13.3. The van der Waals surface area contributed by atoms with Gasteiger partial charge in [0.15, 0.2) is 11.5 Å². The number of hydrogen-bond donors (Lipinski definition) is 0. The Morgan fingerprint density at radius 2 is 1.56 bits per heavy atom. The Balaban J connectivity index is 2.26. The standard InChI is InChI=1S/C21H34N2O4/c1-22(2)11-12-23(15-16-9-7-6-8-10-16)21(24)17-13-18(25-3)20(27-5)19(14-17)26-4/h13-14,16H,6-12,15H2,1-5H3. The number of rotatable bonds is 9. The summed E-state index contributed by atoms with van der Waals surface area (Å²) >= 11 is 0. The molecular formula is C21H34N2O4. The molecule has 1 fully saturated rings. The molecule has 1 amide bonds. The Hall–Kier alpha value is -1.95. The predicted molar refractivity (Wildman–Crippen MR) is 107 cm³/mol. The second kappa shape index (κ2) is 10.4. The van der Waals surface area contributed by atoms with Crippen LogP contribution in [0.3, 0.4) is 0 Å². The fourth-order valence-corrected chi connectivity index (χ4v) is 3.66. The second-order valence-corrected chi connectivity index (χ2v) is 7.47. The van der Waals surface area contributed by atoms with Gasteiger partial charge in [-0.1, -0.05) is 19.3 Å². The number of carbonyl (C=O) groups is 1. The number of nitrogens with zero attached hydrogens (tertiary/aromatic N) is 2. The van der Waals surface area contributed by atoms with Crippen LogP contribution in [0.15, 0.2) is 12.1 Å². The molecule has 1 aromatic carbocycles. The topological polar surface area (TPSA) is 51.2 Å². The van der Waals surface area contributed by atoms with Crippen LogP contribution in [0.4, 0.5) is 0 Å². The van der Waals surface area contributed by atoms with Crippen molar-refractivity contribution in [3.8, 4) is 17.2 Å². The number of ether oxygens (including phenoxy) is 3. The minimum atomic E-state index is 0.0154. The third kappa shape index (κ3) is 5.76. The zero-order valence-corrected chi connectivity index (χ0v) is 17.4. The van der Waals surface area contributed by atoms with E-state index in [1.807, 2.05) is 19.0 Å². The maximum absolute atomic E-state index is 13.3. The first-order valence-corrected chi connectivity index (χ1v) is 9.74. The molecule has 0 radical (unpaired) electrons.